The molecule has 0 aliphatic carbocycles. The quantitative estimate of drug-likeness (QED) is 0.873. The molecule has 1 atom stereocenters. The molecule has 0 bridgehead atoms. The van der Waals surface area contributed by atoms with Gasteiger partial charge in [-0.15, -0.1) is 10.2 Å². The molecule has 6 heteroatoms. The van der Waals surface area contributed by atoms with Gasteiger partial charge in [-0.3, -0.25) is 4.90 Å². The number of hydrogen-bond acceptors (Lipinski definition) is 6. The van der Waals surface area contributed by atoms with E-state index in [-0.39, 0.29) is 0 Å². The van der Waals surface area contributed by atoms with Gasteiger partial charge >= 0.3 is 0 Å². The first-order chi connectivity index (χ1) is 7.29. The summed E-state index contributed by atoms with van der Waals surface area (Å²) in [4.78, 5) is 2.48. The molecule has 1 fully saturated rings. The van der Waals surface area contributed by atoms with Gasteiger partial charge in [-0.25, -0.2) is 0 Å². The van der Waals surface area contributed by atoms with Gasteiger partial charge in [0.25, 0.3) is 0 Å². The molecule has 1 aliphatic rings. The minimum Gasteiger partial charge on any atom is -0.363 e. The third-order valence-corrected chi connectivity index (χ3v) is 4.64. The molecule has 1 aromatic heterocycles. The van der Waals surface area contributed by atoms with Crippen molar-refractivity contribution in [2.24, 2.45) is 0 Å². The summed E-state index contributed by atoms with van der Waals surface area (Å²) in [6.07, 6.45) is 0. The minimum absolute atomic E-state index is 0.658. The lowest BCUT2D eigenvalue weighted by Crippen LogP contribution is -2.39. The molecule has 1 saturated heterocycles. The summed E-state index contributed by atoms with van der Waals surface area (Å²) < 4.78 is 0. The Morgan fingerprint density at radius 2 is 2.40 bits per heavy atom. The average molecular weight is 244 g/mol. The van der Waals surface area contributed by atoms with Crippen LogP contribution < -0.4 is 5.32 Å². The third-order valence-electron chi connectivity index (χ3n) is 2.52. The van der Waals surface area contributed by atoms with Crippen molar-refractivity contribution in [2.75, 3.05) is 30.4 Å². The van der Waals surface area contributed by atoms with Crippen LogP contribution in [-0.4, -0.2) is 46.2 Å². The van der Waals surface area contributed by atoms with E-state index in [0.717, 1.165) is 16.7 Å². The lowest BCUT2D eigenvalue weighted by molar-refractivity contribution is 0.223. The maximum Gasteiger partial charge on any atom is 0.205 e. The highest BCUT2D eigenvalue weighted by Crippen LogP contribution is 2.21. The van der Waals surface area contributed by atoms with Gasteiger partial charge in [0.1, 0.15) is 5.01 Å². The van der Waals surface area contributed by atoms with Gasteiger partial charge in [0.05, 0.1) is 6.54 Å². The summed E-state index contributed by atoms with van der Waals surface area (Å²) in [5.41, 5.74) is 0. The fraction of sp³-hybridized carbons (Fsp3) is 0.778. The van der Waals surface area contributed by atoms with Gasteiger partial charge in [-0.1, -0.05) is 11.3 Å². The Morgan fingerprint density at radius 1 is 1.53 bits per heavy atom. The molecule has 1 unspecified atom stereocenters. The Labute approximate surface area is 98.5 Å². The van der Waals surface area contributed by atoms with E-state index in [2.05, 4.69) is 27.3 Å². The van der Waals surface area contributed by atoms with E-state index in [1.807, 2.05) is 18.8 Å². The first-order valence-electron chi connectivity index (χ1n) is 5.11. The predicted molar refractivity (Wildman–Crippen MR) is 66.7 cm³/mol. The summed E-state index contributed by atoms with van der Waals surface area (Å²) in [5, 5.41) is 13.3. The summed E-state index contributed by atoms with van der Waals surface area (Å²) in [6.45, 7) is 4.40. The molecule has 0 spiro atoms. The Kier molecular flexibility index (Phi) is 3.82. The van der Waals surface area contributed by atoms with Crippen LogP contribution in [0.25, 0.3) is 0 Å². The number of aromatic nitrogens is 2. The first-order valence-corrected chi connectivity index (χ1v) is 7.08. The molecule has 2 heterocycles. The number of hydrogen-bond donors (Lipinski definition) is 1. The zero-order valence-electron chi connectivity index (χ0n) is 9.06. The lowest BCUT2D eigenvalue weighted by atomic mass is 10.3. The number of thioether (sulfide) groups is 1. The molecule has 84 valence electrons. The fourth-order valence-electron chi connectivity index (χ4n) is 1.59. The molecule has 1 aliphatic heterocycles. The van der Waals surface area contributed by atoms with Crippen LogP contribution in [0.3, 0.4) is 0 Å². The van der Waals surface area contributed by atoms with Crippen molar-refractivity contribution in [3.8, 4) is 0 Å². The Morgan fingerprint density at radius 3 is 3.07 bits per heavy atom. The topological polar surface area (TPSA) is 41.1 Å². The van der Waals surface area contributed by atoms with Gasteiger partial charge in [-0.2, -0.15) is 11.8 Å². The average Bonchev–Trinajstić information content (AvgIpc) is 2.69. The molecule has 0 radical (unpaired) electrons. The molecule has 2 rings (SSSR count). The van der Waals surface area contributed by atoms with Crippen molar-refractivity contribution in [1.29, 1.82) is 0 Å². The van der Waals surface area contributed by atoms with Crippen LogP contribution in [-0.2, 0) is 6.54 Å². The van der Waals surface area contributed by atoms with E-state index >= 15 is 0 Å². The standard InChI is InChI=1S/C9H16N4S2/c1-7-6-14-4-3-13(7)5-8-11-12-9(10-2)15-8/h7H,3-6H2,1-2H3,(H,10,12). The van der Waals surface area contributed by atoms with E-state index in [9.17, 15) is 0 Å². The second kappa shape index (κ2) is 5.14. The largest absolute Gasteiger partial charge is 0.363 e. The first kappa shape index (κ1) is 11.2. The highest BCUT2D eigenvalue weighted by Gasteiger charge is 2.19. The van der Waals surface area contributed by atoms with Crippen molar-refractivity contribution >= 4 is 28.2 Å². The van der Waals surface area contributed by atoms with Crippen LogP contribution in [0.4, 0.5) is 5.13 Å². The number of anilines is 1. The summed E-state index contributed by atoms with van der Waals surface area (Å²) >= 11 is 3.69. The Balaban J connectivity index is 1.95. The van der Waals surface area contributed by atoms with E-state index in [1.54, 1.807) is 11.3 Å². The van der Waals surface area contributed by atoms with Crippen molar-refractivity contribution < 1.29 is 0 Å². The van der Waals surface area contributed by atoms with E-state index in [1.165, 1.54) is 18.1 Å². The summed E-state index contributed by atoms with van der Waals surface area (Å²) in [6, 6.07) is 0.658. The molecular formula is C9H16N4S2. The molecule has 0 amide bonds. The summed E-state index contributed by atoms with van der Waals surface area (Å²) in [7, 11) is 1.88. The lowest BCUT2D eigenvalue weighted by Gasteiger charge is -2.31. The van der Waals surface area contributed by atoms with E-state index in [0.29, 0.717) is 6.04 Å². The van der Waals surface area contributed by atoms with Crippen LogP contribution in [0.2, 0.25) is 0 Å². The van der Waals surface area contributed by atoms with Crippen LogP contribution in [0.15, 0.2) is 0 Å². The molecular weight excluding hydrogens is 228 g/mol. The fourth-order valence-corrected chi connectivity index (χ4v) is 3.39. The van der Waals surface area contributed by atoms with Crippen LogP contribution in [0.5, 0.6) is 0 Å². The normalized spacial score (nSPS) is 22.9. The van der Waals surface area contributed by atoms with Crippen LogP contribution in [0.1, 0.15) is 11.9 Å². The molecule has 1 aromatic rings. The van der Waals surface area contributed by atoms with Crippen molar-refractivity contribution in [3.05, 3.63) is 5.01 Å². The maximum absolute atomic E-state index is 4.17. The minimum atomic E-state index is 0.658. The molecule has 15 heavy (non-hydrogen) atoms. The van der Waals surface area contributed by atoms with Crippen LogP contribution in [0, 0.1) is 0 Å². The van der Waals surface area contributed by atoms with E-state index in [4.69, 9.17) is 0 Å². The smallest absolute Gasteiger partial charge is 0.205 e. The molecule has 4 nitrogen and oxygen atoms in total. The monoisotopic (exact) mass is 244 g/mol. The highest BCUT2D eigenvalue weighted by molar-refractivity contribution is 7.99. The van der Waals surface area contributed by atoms with Crippen molar-refractivity contribution in [2.45, 2.75) is 19.5 Å². The zero-order chi connectivity index (χ0) is 10.7. The van der Waals surface area contributed by atoms with Gasteiger partial charge in [0.15, 0.2) is 0 Å². The van der Waals surface area contributed by atoms with Crippen molar-refractivity contribution in [3.63, 3.8) is 0 Å². The molecule has 1 N–H and O–H groups in total. The molecule has 0 aromatic carbocycles. The summed E-state index contributed by atoms with van der Waals surface area (Å²) in [5.74, 6) is 2.47. The van der Waals surface area contributed by atoms with Crippen LogP contribution >= 0.6 is 23.1 Å². The highest BCUT2D eigenvalue weighted by atomic mass is 32.2. The molecule has 0 saturated carbocycles. The van der Waals surface area contributed by atoms with Gasteiger partial charge in [-0.05, 0) is 6.92 Å². The third kappa shape index (κ3) is 2.83. The number of nitrogens with zero attached hydrogens (tertiary/aromatic N) is 3. The van der Waals surface area contributed by atoms with Gasteiger partial charge in [0.2, 0.25) is 5.13 Å². The van der Waals surface area contributed by atoms with Gasteiger partial charge < -0.3 is 5.32 Å². The second-order valence-electron chi connectivity index (χ2n) is 3.65. The Hall–Kier alpha value is -0.330. The SMILES string of the molecule is CNc1nnc(CN2CCSCC2C)s1. The maximum atomic E-state index is 4.17. The second-order valence-corrected chi connectivity index (χ2v) is 5.86. The Bertz CT molecular complexity index is 315. The van der Waals surface area contributed by atoms with Gasteiger partial charge in [0, 0.05) is 31.1 Å². The number of nitrogens with one attached hydrogen (secondary N) is 1. The van der Waals surface area contributed by atoms with E-state index < -0.39 is 0 Å². The van der Waals surface area contributed by atoms with Crippen molar-refractivity contribution in [1.82, 2.24) is 15.1 Å². The zero-order valence-corrected chi connectivity index (χ0v) is 10.7. The number of rotatable bonds is 3. The predicted octanol–water partition coefficient (Wildman–Crippen LogP) is 1.52.